The summed E-state index contributed by atoms with van der Waals surface area (Å²) in [4.78, 5) is 0. The lowest BCUT2D eigenvalue weighted by molar-refractivity contribution is 0.0190. The summed E-state index contributed by atoms with van der Waals surface area (Å²) < 4.78 is 0. The van der Waals surface area contributed by atoms with Gasteiger partial charge in [-0.25, -0.2) is 0 Å². The van der Waals surface area contributed by atoms with Crippen molar-refractivity contribution in [2.45, 2.75) is 45.3 Å². The van der Waals surface area contributed by atoms with Gasteiger partial charge < -0.3 is 10.4 Å². The van der Waals surface area contributed by atoms with E-state index in [4.69, 9.17) is 0 Å². The van der Waals surface area contributed by atoms with Gasteiger partial charge in [0, 0.05) is 6.04 Å². The molecule has 0 radical (unpaired) electrons. The van der Waals surface area contributed by atoms with Gasteiger partial charge in [0.25, 0.3) is 0 Å². The predicted molar refractivity (Wildman–Crippen MR) is 51.0 cm³/mol. The molecule has 0 aliphatic heterocycles. The van der Waals surface area contributed by atoms with Gasteiger partial charge in [-0.15, -0.1) is 0 Å². The molecule has 0 aromatic heterocycles. The van der Waals surface area contributed by atoms with Gasteiger partial charge in [0.05, 0.1) is 6.10 Å². The number of nitrogens with one attached hydrogen (secondary N) is 1. The molecule has 2 heteroatoms. The number of aliphatic hydroxyl groups excluding tert-OH is 1. The van der Waals surface area contributed by atoms with E-state index in [1.165, 1.54) is 12.8 Å². The van der Waals surface area contributed by atoms with Crippen molar-refractivity contribution in [1.29, 1.82) is 0 Å². The Balaban J connectivity index is 2.53. The summed E-state index contributed by atoms with van der Waals surface area (Å²) in [5.41, 5.74) is 0. The minimum Gasteiger partial charge on any atom is -0.391 e. The van der Waals surface area contributed by atoms with Crippen molar-refractivity contribution >= 4 is 0 Å². The normalized spacial score (nSPS) is 37.2. The Bertz CT molecular complexity index is 136. The fourth-order valence-corrected chi connectivity index (χ4v) is 2.26. The average molecular weight is 171 g/mol. The first-order valence-electron chi connectivity index (χ1n) is 5.02. The maximum atomic E-state index is 9.94. The van der Waals surface area contributed by atoms with Crippen LogP contribution in [0.4, 0.5) is 0 Å². The molecule has 0 bridgehead atoms. The molecule has 1 saturated carbocycles. The van der Waals surface area contributed by atoms with Gasteiger partial charge in [-0.1, -0.05) is 20.3 Å². The molecule has 3 atom stereocenters. The standard InChI is InChI=1S/C10H21NO/c1-7(2)8-5-4-6-9(11-3)10(8)12/h7-12H,4-6H2,1-3H3/t8-,9-,10-/m1/s1. The van der Waals surface area contributed by atoms with Gasteiger partial charge in [0.2, 0.25) is 0 Å². The lowest BCUT2D eigenvalue weighted by Gasteiger charge is -2.36. The monoisotopic (exact) mass is 171 g/mol. The predicted octanol–water partition coefficient (Wildman–Crippen LogP) is 1.39. The lowest BCUT2D eigenvalue weighted by Crippen LogP contribution is -2.46. The molecule has 1 fully saturated rings. The fourth-order valence-electron chi connectivity index (χ4n) is 2.26. The van der Waals surface area contributed by atoms with Gasteiger partial charge >= 0.3 is 0 Å². The van der Waals surface area contributed by atoms with Crippen LogP contribution in [0.3, 0.4) is 0 Å². The molecule has 1 aliphatic rings. The fraction of sp³-hybridized carbons (Fsp3) is 1.00. The van der Waals surface area contributed by atoms with Gasteiger partial charge in [0.1, 0.15) is 0 Å². The number of rotatable bonds is 2. The Morgan fingerprint density at radius 3 is 2.50 bits per heavy atom. The first-order valence-corrected chi connectivity index (χ1v) is 5.02. The molecule has 0 spiro atoms. The first-order chi connectivity index (χ1) is 5.66. The highest BCUT2D eigenvalue weighted by atomic mass is 16.3. The number of hydrogen-bond donors (Lipinski definition) is 2. The molecule has 0 heterocycles. The number of hydrogen-bond acceptors (Lipinski definition) is 2. The zero-order valence-electron chi connectivity index (χ0n) is 8.38. The SMILES string of the molecule is CN[C@@H]1CCC[C@H](C(C)C)[C@H]1O. The zero-order valence-corrected chi connectivity index (χ0v) is 8.38. The molecule has 1 rings (SSSR count). The zero-order chi connectivity index (χ0) is 9.14. The van der Waals surface area contributed by atoms with Crippen molar-refractivity contribution in [3.05, 3.63) is 0 Å². The van der Waals surface area contributed by atoms with Gasteiger partial charge in [-0.2, -0.15) is 0 Å². The molecular formula is C10H21NO. The minimum absolute atomic E-state index is 0.135. The van der Waals surface area contributed by atoms with Crippen LogP contribution in [-0.2, 0) is 0 Å². The second-order valence-electron chi connectivity index (χ2n) is 4.22. The Morgan fingerprint density at radius 2 is 2.00 bits per heavy atom. The van der Waals surface area contributed by atoms with Crippen molar-refractivity contribution in [3.63, 3.8) is 0 Å². The maximum Gasteiger partial charge on any atom is 0.0723 e. The Hall–Kier alpha value is -0.0800. The first kappa shape index (κ1) is 10.0. The van der Waals surface area contributed by atoms with Crippen LogP contribution in [0.25, 0.3) is 0 Å². The quantitative estimate of drug-likeness (QED) is 0.658. The number of aliphatic hydroxyl groups is 1. The third kappa shape index (κ3) is 1.99. The molecule has 72 valence electrons. The highest BCUT2D eigenvalue weighted by Crippen LogP contribution is 2.30. The van der Waals surface area contributed by atoms with E-state index in [1.54, 1.807) is 0 Å². The molecule has 0 aromatic rings. The van der Waals surface area contributed by atoms with Crippen LogP contribution in [0.5, 0.6) is 0 Å². The number of likely N-dealkylation sites (N-methyl/N-ethyl adjacent to an activating group) is 1. The summed E-state index contributed by atoms with van der Waals surface area (Å²) in [7, 11) is 1.94. The van der Waals surface area contributed by atoms with Gasteiger partial charge in [-0.3, -0.25) is 0 Å². The molecule has 2 nitrogen and oxygen atoms in total. The largest absolute Gasteiger partial charge is 0.391 e. The van der Waals surface area contributed by atoms with Crippen molar-refractivity contribution in [2.24, 2.45) is 11.8 Å². The smallest absolute Gasteiger partial charge is 0.0723 e. The van der Waals surface area contributed by atoms with Crippen LogP contribution in [0.2, 0.25) is 0 Å². The van der Waals surface area contributed by atoms with Gasteiger partial charge in [-0.05, 0) is 31.7 Å². The summed E-state index contributed by atoms with van der Waals surface area (Å²) in [6.45, 7) is 4.40. The van der Waals surface area contributed by atoms with E-state index in [0.717, 1.165) is 6.42 Å². The second kappa shape index (κ2) is 4.24. The van der Waals surface area contributed by atoms with Crippen LogP contribution >= 0.6 is 0 Å². The van der Waals surface area contributed by atoms with E-state index < -0.39 is 0 Å². The van der Waals surface area contributed by atoms with Crippen LogP contribution in [0, 0.1) is 11.8 Å². The topological polar surface area (TPSA) is 32.3 Å². The molecule has 0 unspecified atom stereocenters. The highest BCUT2D eigenvalue weighted by molar-refractivity contribution is 4.86. The van der Waals surface area contributed by atoms with Crippen LogP contribution < -0.4 is 5.32 Å². The van der Waals surface area contributed by atoms with Crippen molar-refractivity contribution in [3.8, 4) is 0 Å². The van der Waals surface area contributed by atoms with Gasteiger partial charge in [0.15, 0.2) is 0 Å². The summed E-state index contributed by atoms with van der Waals surface area (Å²) in [5, 5.41) is 13.1. The van der Waals surface area contributed by atoms with E-state index in [2.05, 4.69) is 19.2 Å². The molecule has 0 aromatic carbocycles. The maximum absolute atomic E-state index is 9.94. The van der Waals surface area contributed by atoms with Crippen molar-refractivity contribution in [2.75, 3.05) is 7.05 Å². The average Bonchev–Trinajstić information content (AvgIpc) is 2.04. The van der Waals surface area contributed by atoms with E-state index in [1.807, 2.05) is 7.05 Å². The highest BCUT2D eigenvalue weighted by Gasteiger charge is 2.32. The van der Waals surface area contributed by atoms with Crippen molar-refractivity contribution in [1.82, 2.24) is 5.32 Å². The third-order valence-corrected chi connectivity index (χ3v) is 3.13. The molecule has 0 saturated heterocycles. The van der Waals surface area contributed by atoms with E-state index >= 15 is 0 Å². The summed E-state index contributed by atoms with van der Waals surface area (Å²) in [6, 6.07) is 0.325. The van der Waals surface area contributed by atoms with Crippen LogP contribution in [0.15, 0.2) is 0 Å². The van der Waals surface area contributed by atoms with Crippen molar-refractivity contribution < 1.29 is 5.11 Å². The second-order valence-corrected chi connectivity index (χ2v) is 4.22. The lowest BCUT2D eigenvalue weighted by atomic mass is 9.77. The summed E-state index contributed by atoms with van der Waals surface area (Å²) in [5.74, 6) is 1.10. The molecule has 2 N–H and O–H groups in total. The van der Waals surface area contributed by atoms with E-state index in [0.29, 0.717) is 17.9 Å². The summed E-state index contributed by atoms with van der Waals surface area (Å²) >= 11 is 0. The Labute approximate surface area is 75.4 Å². The minimum atomic E-state index is -0.135. The Morgan fingerprint density at radius 1 is 1.33 bits per heavy atom. The van der Waals surface area contributed by atoms with Crippen LogP contribution in [0.1, 0.15) is 33.1 Å². The Kier molecular flexibility index (Phi) is 3.53. The van der Waals surface area contributed by atoms with E-state index in [-0.39, 0.29) is 6.10 Å². The molecule has 12 heavy (non-hydrogen) atoms. The molecular weight excluding hydrogens is 150 g/mol. The molecule has 1 aliphatic carbocycles. The third-order valence-electron chi connectivity index (χ3n) is 3.13. The summed E-state index contributed by atoms with van der Waals surface area (Å²) in [6.07, 6.45) is 3.44. The van der Waals surface area contributed by atoms with Crippen LogP contribution in [-0.4, -0.2) is 24.3 Å². The van der Waals surface area contributed by atoms with E-state index in [9.17, 15) is 5.11 Å². The molecule has 0 amide bonds.